The van der Waals surface area contributed by atoms with Crippen molar-refractivity contribution in [3.8, 4) is 0 Å². The van der Waals surface area contributed by atoms with E-state index in [1.807, 2.05) is 31.2 Å². The lowest BCUT2D eigenvalue weighted by atomic mass is 10.1. The van der Waals surface area contributed by atoms with Gasteiger partial charge in [-0.05, 0) is 37.6 Å². The van der Waals surface area contributed by atoms with Crippen LogP contribution in [0.15, 0.2) is 24.3 Å². The largest absolute Gasteiger partial charge is 0.480 e. The van der Waals surface area contributed by atoms with Crippen LogP contribution in [-0.4, -0.2) is 28.9 Å². The second-order valence-corrected chi connectivity index (χ2v) is 6.11. The summed E-state index contributed by atoms with van der Waals surface area (Å²) >= 11 is 7.43. The van der Waals surface area contributed by atoms with Crippen molar-refractivity contribution in [3.63, 3.8) is 0 Å². The van der Waals surface area contributed by atoms with Gasteiger partial charge in [-0.15, -0.1) is 0 Å². The zero-order valence-electron chi connectivity index (χ0n) is 11.3. The maximum atomic E-state index is 11.3. The van der Waals surface area contributed by atoms with Crippen LogP contribution in [0.5, 0.6) is 0 Å². The molecular weight excluding hydrogens is 282 g/mol. The molecule has 5 heteroatoms. The summed E-state index contributed by atoms with van der Waals surface area (Å²) in [6.45, 7) is 4.47. The molecule has 0 heterocycles. The Bertz CT molecular complexity index is 410. The average molecular weight is 302 g/mol. The molecule has 1 unspecified atom stereocenters. The van der Waals surface area contributed by atoms with E-state index in [9.17, 15) is 9.90 Å². The minimum Gasteiger partial charge on any atom is -0.480 e. The number of rotatable bonds is 8. The van der Waals surface area contributed by atoms with E-state index in [4.69, 9.17) is 11.6 Å². The van der Waals surface area contributed by atoms with Crippen molar-refractivity contribution < 1.29 is 9.90 Å². The van der Waals surface area contributed by atoms with Crippen molar-refractivity contribution in [2.75, 3.05) is 12.3 Å². The highest BCUT2D eigenvalue weighted by atomic mass is 35.5. The SMILES string of the molecule is CCCNC(C)(CSCc1ccc(Cl)cc1)C(=O)O. The molecule has 0 amide bonds. The molecule has 1 aromatic carbocycles. The van der Waals surface area contributed by atoms with E-state index in [0.29, 0.717) is 17.3 Å². The second kappa shape index (κ2) is 7.78. The molecule has 0 aromatic heterocycles. The lowest BCUT2D eigenvalue weighted by Gasteiger charge is -2.25. The van der Waals surface area contributed by atoms with E-state index in [1.54, 1.807) is 18.7 Å². The summed E-state index contributed by atoms with van der Waals surface area (Å²) in [5.74, 6) is 0.517. The molecule has 0 aliphatic rings. The maximum absolute atomic E-state index is 11.3. The van der Waals surface area contributed by atoms with Crippen LogP contribution < -0.4 is 5.32 Å². The number of hydrogen-bond donors (Lipinski definition) is 2. The predicted octanol–water partition coefficient (Wildman–Crippen LogP) is 3.42. The fraction of sp³-hybridized carbons (Fsp3) is 0.500. The summed E-state index contributed by atoms with van der Waals surface area (Å²) in [7, 11) is 0. The highest BCUT2D eigenvalue weighted by Crippen LogP contribution is 2.20. The van der Waals surface area contributed by atoms with Crippen molar-refractivity contribution >= 4 is 29.3 Å². The molecule has 0 radical (unpaired) electrons. The van der Waals surface area contributed by atoms with Gasteiger partial charge in [-0.1, -0.05) is 30.7 Å². The third kappa shape index (κ3) is 5.43. The molecule has 0 aliphatic carbocycles. The highest BCUT2D eigenvalue weighted by molar-refractivity contribution is 7.98. The van der Waals surface area contributed by atoms with Crippen LogP contribution in [0.3, 0.4) is 0 Å². The van der Waals surface area contributed by atoms with Crippen LogP contribution in [0.2, 0.25) is 5.02 Å². The number of benzene rings is 1. The molecule has 0 fully saturated rings. The Labute approximate surface area is 123 Å². The number of nitrogens with one attached hydrogen (secondary N) is 1. The van der Waals surface area contributed by atoms with Gasteiger partial charge in [-0.3, -0.25) is 4.79 Å². The first kappa shape index (κ1) is 16.3. The van der Waals surface area contributed by atoms with E-state index >= 15 is 0 Å². The molecule has 19 heavy (non-hydrogen) atoms. The van der Waals surface area contributed by atoms with Crippen LogP contribution in [0.1, 0.15) is 25.8 Å². The van der Waals surface area contributed by atoms with Gasteiger partial charge in [0.1, 0.15) is 5.54 Å². The number of aliphatic carboxylic acids is 1. The first-order chi connectivity index (χ1) is 8.98. The molecule has 0 bridgehead atoms. The number of halogens is 1. The summed E-state index contributed by atoms with van der Waals surface area (Å²) in [4.78, 5) is 11.3. The molecule has 1 aromatic rings. The van der Waals surface area contributed by atoms with E-state index in [0.717, 1.165) is 17.7 Å². The monoisotopic (exact) mass is 301 g/mol. The van der Waals surface area contributed by atoms with Crippen molar-refractivity contribution in [3.05, 3.63) is 34.9 Å². The number of carbonyl (C=O) groups is 1. The van der Waals surface area contributed by atoms with Crippen LogP contribution in [0.25, 0.3) is 0 Å². The van der Waals surface area contributed by atoms with Crippen LogP contribution >= 0.6 is 23.4 Å². The standard InChI is InChI=1S/C14H20ClNO2S/c1-3-8-16-14(2,13(17)18)10-19-9-11-4-6-12(15)7-5-11/h4-7,16H,3,8-10H2,1-2H3,(H,17,18). The van der Waals surface area contributed by atoms with Gasteiger partial charge in [0.05, 0.1) is 0 Å². The van der Waals surface area contributed by atoms with Gasteiger partial charge < -0.3 is 10.4 Å². The summed E-state index contributed by atoms with van der Waals surface area (Å²) in [5.41, 5.74) is 0.283. The smallest absolute Gasteiger partial charge is 0.324 e. The van der Waals surface area contributed by atoms with Gasteiger partial charge >= 0.3 is 5.97 Å². The summed E-state index contributed by atoms with van der Waals surface area (Å²) in [6.07, 6.45) is 0.921. The average Bonchev–Trinajstić information content (AvgIpc) is 2.38. The fourth-order valence-electron chi connectivity index (χ4n) is 1.54. The second-order valence-electron chi connectivity index (χ2n) is 4.68. The normalized spacial score (nSPS) is 14.1. The zero-order chi connectivity index (χ0) is 14.3. The first-order valence-corrected chi connectivity index (χ1v) is 7.82. The van der Waals surface area contributed by atoms with E-state index in [1.165, 1.54) is 0 Å². The van der Waals surface area contributed by atoms with E-state index in [-0.39, 0.29) is 0 Å². The molecule has 0 aliphatic heterocycles. The Hall–Kier alpha value is -0.710. The topological polar surface area (TPSA) is 49.3 Å². The lowest BCUT2D eigenvalue weighted by molar-refractivity contribution is -0.143. The van der Waals surface area contributed by atoms with Crippen LogP contribution in [0, 0.1) is 0 Å². The minimum absolute atomic E-state index is 0.533. The Balaban J connectivity index is 2.48. The van der Waals surface area contributed by atoms with Gasteiger partial charge in [0.25, 0.3) is 0 Å². The van der Waals surface area contributed by atoms with Crippen LogP contribution in [-0.2, 0) is 10.5 Å². The number of thioether (sulfide) groups is 1. The predicted molar refractivity (Wildman–Crippen MR) is 81.9 cm³/mol. The Morgan fingerprint density at radius 1 is 1.42 bits per heavy atom. The molecule has 2 N–H and O–H groups in total. The maximum Gasteiger partial charge on any atom is 0.324 e. The summed E-state index contributed by atoms with van der Waals surface area (Å²) in [6, 6.07) is 7.63. The van der Waals surface area contributed by atoms with Crippen molar-refractivity contribution in [1.82, 2.24) is 5.32 Å². The molecule has 1 atom stereocenters. The first-order valence-electron chi connectivity index (χ1n) is 6.28. The summed E-state index contributed by atoms with van der Waals surface area (Å²) < 4.78 is 0. The Kier molecular flexibility index (Phi) is 6.69. The number of carboxylic acids is 1. The van der Waals surface area contributed by atoms with Gasteiger partial charge in [-0.2, -0.15) is 11.8 Å². The third-order valence-corrected chi connectivity index (χ3v) is 4.38. The Morgan fingerprint density at radius 3 is 2.58 bits per heavy atom. The van der Waals surface area contributed by atoms with E-state index in [2.05, 4.69) is 5.32 Å². The van der Waals surface area contributed by atoms with Gasteiger partial charge in [0.15, 0.2) is 0 Å². The van der Waals surface area contributed by atoms with Gasteiger partial charge in [0.2, 0.25) is 0 Å². The van der Waals surface area contributed by atoms with Gasteiger partial charge in [0, 0.05) is 16.5 Å². The quantitative estimate of drug-likeness (QED) is 0.772. The molecular formula is C14H20ClNO2S. The Morgan fingerprint density at radius 2 is 2.05 bits per heavy atom. The van der Waals surface area contributed by atoms with E-state index < -0.39 is 11.5 Å². The van der Waals surface area contributed by atoms with Gasteiger partial charge in [-0.25, -0.2) is 0 Å². The molecule has 0 saturated heterocycles. The summed E-state index contributed by atoms with van der Waals surface area (Å²) in [5, 5.41) is 13.1. The minimum atomic E-state index is -0.868. The van der Waals surface area contributed by atoms with Crippen molar-refractivity contribution in [1.29, 1.82) is 0 Å². The highest BCUT2D eigenvalue weighted by Gasteiger charge is 2.31. The van der Waals surface area contributed by atoms with Crippen LogP contribution in [0.4, 0.5) is 0 Å². The third-order valence-electron chi connectivity index (χ3n) is 2.81. The van der Waals surface area contributed by atoms with Crippen molar-refractivity contribution in [2.24, 2.45) is 0 Å². The molecule has 0 saturated carbocycles. The molecule has 106 valence electrons. The molecule has 0 spiro atoms. The lowest BCUT2D eigenvalue weighted by Crippen LogP contribution is -2.52. The zero-order valence-corrected chi connectivity index (χ0v) is 12.9. The number of carboxylic acid groups (broad SMARTS) is 1. The fourth-order valence-corrected chi connectivity index (χ4v) is 2.83. The van der Waals surface area contributed by atoms with Crippen molar-refractivity contribution in [2.45, 2.75) is 31.6 Å². The molecule has 1 rings (SSSR count). The number of hydrogen-bond acceptors (Lipinski definition) is 3. The molecule has 3 nitrogen and oxygen atoms in total.